The number of hydrogen-bond donors (Lipinski definition) is 1. The lowest BCUT2D eigenvalue weighted by molar-refractivity contribution is -0.384. The largest absolute Gasteiger partial charge is 0.278 e. The van der Waals surface area contributed by atoms with E-state index in [9.17, 15) is 10.1 Å². The van der Waals surface area contributed by atoms with Crippen molar-refractivity contribution in [2.75, 3.05) is 0 Å². The van der Waals surface area contributed by atoms with Gasteiger partial charge in [0.05, 0.1) is 10.6 Å². The molecular weight excluding hydrogens is 306 g/mol. The van der Waals surface area contributed by atoms with Crippen molar-refractivity contribution in [3.05, 3.63) is 45.1 Å². The maximum absolute atomic E-state index is 10.7. The summed E-state index contributed by atoms with van der Waals surface area (Å²) in [5.41, 5.74) is 1.98. The van der Waals surface area contributed by atoms with Crippen molar-refractivity contribution in [2.45, 2.75) is 26.2 Å². The average molecular weight is 320 g/mol. The van der Waals surface area contributed by atoms with Gasteiger partial charge in [0.15, 0.2) is 11.5 Å². The molecular formula is C14H14ClN5O2. The number of nitrogens with one attached hydrogen (secondary N) is 1. The highest BCUT2D eigenvalue weighted by Gasteiger charge is 2.24. The molecule has 3 rings (SSSR count). The van der Waals surface area contributed by atoms with Crippen LogP contribution in [-0.4, -0.2) is 24.7 Å². The van der Waals surface area contributed by atoms with Gasteiger partial charge in [-0.3, -0.25) is 15.2 Å². The molecule has 114 valence electrons. The lowest BCUT2D eigenvalue weighted by Crippen LogP contribution is -2.12. The molecule has 22 heavy (non-hydrogen) atoms. The van der Waals surface area contributed by atoms with E-state index in [2.05, 4.69) is 15.2 Å². The molecule has 0 spiro atoms. The number of rotatable bonds is 2. The van der Waals surface area contributed by atoms with Crippen molar-refractivity contribution in [1.29, 1.82) is 0 Å². The highest BCUT2D eigenvalue weighted by molar-refractivity contribution is 6.34. The predicted molar refractivity (Wildman–Crippen MR) is 83.1 cm³/mol. The smallest absolute Gasteiger partial charge is 0.269 e. The van der Waals surface area contributed by atoms with Gasteiger partial charge >= 0.3 is 0 Å². The zero-order valence-corrected chi connectivity index (χ0v) is 13.0. The van der Waals surface area contributed by atoms with Crippen LogP contribution in [0.2, 0.25) is 5.02 Å². The van der Waals surface area contributed by atoms with Gasteiger partial charge in [-0.15, -0.1) is 5.10 Å². The van der Waals surface area contributed by atoms with Crippen LogP contribution < -0.4 is 0 Å². The Morgan fingerprint density at radius 2 is 1.91 bits per heavy atom. The molecule has 1 aromatic carbocycles. The van der Waals surface area contributed by atoms with Crippen LogP contribution in [0.3, 0.4) is 0 Å². The van der Waals surface area contributed by atoms with Gasteiger partial charge < -0.3 is 0 Å². The summed E-state index contributed by atoms with van der Waals surface area (Å²) in [7, 11) is 0. The molecule has 2 heterocycles. The summed E-state index contributed by atoms with van der Waals surface area (Å²) < 4.78 is 1.53. The topological polar surface area (TPSA) is 89.1 Å². The first-order valence-electron chi connectivity index (χ1n) is 6.67. The lowest BCUT2D eigenvalue weighted by atomic mass is 9.92. The van der Waals surface area contributed by atoms with E-state index in [-0.39, 0.29) is 11.1 Å². The Bertz CT molecular complexity index is 858. The summed E-state index contributed by atoms with van der Waals surface area (Å²) in [6.45, 7) is 6.13. The molecule has 3 aromatic rings. The maximum Gasteiger partial charge on any atom is 0.269 e. The fraction of sp³-hybridized carbons (Fsp3) is 0.286. The number of aromatic amines is 1. The molecule has 1 N–H and O–H groups in total. The highest BCUT2D eigenvalue weighted by atomic mass is 35.5. The minimum Gasteiger partial charge on any atom is -0.278 e. The van der Waals surface area contributed by atoms with Crippen molar-refractivity contribution < 1.29 is 4.92 Å². The van der Waals surface area contributed by atoms with Crippen molar-refractivity contribution >= 4 is 22.9 Å². The number of H-pyrrole nitrogens is 1. The monoisotopic (exact) mass is 319 g/mol. The Kier molecular flexibility index (Phi) is 3.17. The van der Waals surface area contributed by atoms with Crippen LogP contribution >= 0.6 is 11.6 Å². The van der Waals surface area contributed by atoms with E-state index >= 15 is 0 Å². The van der Waals surface area contributed by atoms with Gasteiger partial charge in [-0.2, -0.15) is 4.63 Å². The van der Waals surface area contributed by atoms with E-state index in [0.29, 0.717) is 22.1 Å². The first-order chi connectivity index (χ1) is 10.3. The van der Waals surface area contributed by atoms with Gasteiger partial charge in [0.25, 0.3) is 5.69 Å². The third-order valence-electron chi connectivity index (χ3n) is 3.33. The third kappa shape index (κ3) is 2.33. The van der Waals surface area contributed by atoms with E-state index in [1.54, 1.807) is 12.1 Å². The van der Waals surface area contributed by atoms with Crippen LogP contribution in [0, 0.1) is 10.1 Å². The number of nitro groups is 1. The molecule has 0 saturated carbocycles. The van der Waals surface area contributed by atoms with Crippen LogP contribution in [0.25, 0.3) is 17.0 Å². The van der Waals surface area contributed by atoms with Gasteiger partial charge in [-0.1, -0.05) is 32.4 Å². The van der Waals surface area contributed by atoms with Crippen molar-refractivity contribution in [1.82, 2.24) is 19.8 Å². The van der Waals surface area contributed by atoms with E-state index in [1.807, 2.05) is 20.8 Å². The van der Waals surface area contributed by atoms with E-state index in [0.717, 1.165) is 5.69 Å². The third-order valence-corrected chi connectivity index (χ3v) is 3.68. The number of aromatic nitrogens is 4. The molecule has 0 saturated heterocycles. The summed E-state index contributed by atoms with van der Waals surface area (Å²) >= 11 is 6.37. The summed E-state index contributed by atoms with van der Waals surface area (Å²) in [6.07, 6.45) is 0. The van der Waals surface area contributed by atoms with Crippen LogP contribution in [0.5, 0.6) is 0 Å². The van der Waals surface area contributed by atoms with Gasteiger partial charge in [0, 0.05) is 23.1 Å². The first-order valence-corrected chi connectivity index (χ1v) is 7.05. The Balaban J connectivity index is 2.04. The molecule has 0 unspecified atom stereocenters. The Labute approximate surface area is 131 Å². The summed E-state index contributed by atoms with van der Waals surface area (Å²) in [4.78, 5) is 14.6. The molecule has 0 radical (unpaired) electrons. The summed E-state index contributed by atoms with van der Waals surface area (Å²) in [5, 5.41) is 18.7. The maximum atomic E-state index is 10.7. The zero-order chi connectivity index (χ0) is 16.1. The first kappa shape index (κ1) is 14.5. The standard InChI is InChI=1S/C14H14ClN5O2/c1-14(2,3)11-10(15)13-16-12(18-19(13)17-11)8-4-6-9(7-5-8)20(21)22/h4-7,17H,1-3H3. The van der Waals surface area contributed by atoms with Crippen molar-refractivity contribution in [3.63, 3.8) is 0 Å². The average Bonchev–Trinajstić information content (AvgIpc) is 2.98. The molecule has 0 aliphatic carbocycles. The molecule has 7 nitrogen and oxygen atoms in total. The summed E-state index contributed by atoms with van der Waals surface area (Å²) in [6, 6.07) is 6.08. The van der Waals surface area contributed by atoms with E-state index in [1.165, 1.54) is 16.8 Å². The van der Waals surface area contributed by atoms with Gasteiger partial charge in [-0.25, -0.2) is 4.98 Å². The van der Waals surface area contributed by atoms with E-state index in [4.69, 9.17) is 11.6 Å². The summed E-state index contributed by atoms with van der Waals surface area (Å²) in [5.74, 6) is 0.462. The molecule has 0 fully saturated rings. The zero-order valence-electron chi connectivity index (χ0n) is 12.3. The second kappa shape index (κ2) is 4.81. The number of fused-ring (bicyclic) bond motifs is 1. The quantitative estimate of drug-likeness (QED) is 0.577. The molecule has 0 atom stereocenters. The predicted octanol–water partition coefficient (Wildman–Crippen LogP) is 3.58. The van der Waals surface area contributed by atoms with Gasteiger partial charge in [0.1, 0.15) is 5.02 Å². The Hall–Kier alpha value is -2.41. The molecule has 0 amide bonds. The SMILES string of the molecule is CC(C)(C)c1[nH]n2nc(-c3ccc([N+](=O)[O-])cc3)nc2c1Cl. The van der Waals surface area contributed by atoms with Crippen LogP contribution in [0.1, 0.15) is 26.5 Å². The number of nitrogens with zero attached hydrogens (tertiary/aromatic N) is 4. The van der Waals surface area contributed by atoms with E-state index < -0.39 is 4.92 Å². The number of nitro benzene ring substituents is 1. The fourth-order valence-electron chi connectivity index (χ4n) is 2.15. The Morgan fingerprint density at radius 3 is 2.41 bits per heavy atom. The number of non-ortho nitro benzene ring substituents is 1. The normalized spacial score (nSPS) is 12.0. The van der Waals surface area contributed by atoms with Crippen molar-refractivity contribution in [3.8, 4) is 11.4 Å². The molecule has 8 heteroatoms. The number of halogens is 1. The highest BCUT2D eigenvalue weighted by Crippen LogP contribution is 2.31. The van der Waals surface area contributed by atoms with Crippen LogP contribution in [0.15, 0.2) is 24.3 Å². The molecule has 2 aromatic heterocycles. The molecule has 0 bridgehead atoms. The van der Waals surface area contributed by atoms with Crippen LogP contribution in [0.4, 0.5) is 5.69 Å². The minimum absolute atomic E-state index is 0.0292. The minimum atomic E-state index is -0.443. The fourth-order valence-corrected chi connectivity index (χ4v) is 2.60. The number of benzene rings is 1. The Morgan fingerprint density at radius 1 is 1.27 bits per heavy atom. The second-order valence-corrected chi connectivity index (χ2v) is 6.40. The number of hydrogen-bond acceptors (Lipinski definition) is 4. The molecule has 0 aliphatic rings. The van der Waals surface area contributed by atoms with Gasteiger partial charge in [0.2, 0.25) is 0 Å². The molecule has 0 aliphatic heterocycles. The van der Waals surface area contributed by atoms with Crippen molar-refractivity contribution in [2.24, 2.45) is 0 Å². The van der Waals surface area contributed by atoms with Gasteiger partial charge in [-0.05, 0) is 12.1 Å². The lowest BCUT2D eigenvalue weighted by Gasteiger charge is -2.16. The van der Waals surface area contributed by atoms with Crippen LogP contribution in [-0.2, 0) is 5.41 Å². The second-order valence-electron chi connectivity index (χ2n) is 6.03.